The van der Waals surface area contributed by atoms with Gasteiger partial charge in [0.2, 0.25) is 0 Å². The highest BCUT2D eigenvalue weighted by Gasteiger charge is 2.54. The number of anilines is 2. The molecule has 3 aromatic rings. The molecule has 2 heterocycles. The van der Waals surface area contributed by atoms with Gasteiger partial charge in [0.15, 0.2) is 0 Å². The maximum Gasteiger partial charge on any atom is 0.254 e. The number of carbonyl (C=O) groups excluding carboxylic acids is 2. The number of hydrogen-bond acceptors (Lipinski definition) is 3. The van der Waals surface area contributed by atoms with Gasteiger partial charge in [-0.1, -0.05) is 42.5 Å². The molecule has 2 aliphatic heterocycles. The first-order chi connectivity index (χ1) is 16.0. The van der Waals surface area contributed by atoms with Crippen molar-refractivity contribution in [2.45, 2.75) is 32.2 Å². The first kappa shape index (κ1) is 21.3. The second kappa shape index (κ2) is 8.39. The summed E-state index contributed by atoms with van der Waals surface area (Å²) in [4.78, 5) is 33.1. The zero-order chi connectivity index (χ0) is 23.0. The SMILES string of the molecule is Cc1ccc(C(=O)N2CCC3(CC2)C(=O)N(c2ccccc2)CN3c2ccccc2)cc1C. The lowest BCUT2D eigenvalue weighted by molar-refractivity contribution is -0.122. The van der Waals surface area contributed by atoms with Gasteiger partial charge >= 0.3 is 0 Å². The van der Waals surface area contributed by atoms with Crippen LogP contribution in [-0.2, 0) is 4.79 Å². The molecule has 1 spiro atoms. The highest BCUT2D eigenvalue weighted by molar-refractivity contribution is 6.06. The molecule has 2 saturated heterocycles. The molecule has 5 heteroatoms. The molecular formula is C28H29N3O2. The minimum absolute atomic E-state index is 0.0459. The molecular weight excluding hydrogens is 410 g/mol. The minimum Gasteiger partial charge on any atom is -0.338 e. The van der Waals surface area contributed by atoms with Crippen LogP contribution in [0.1, 0.15) is 34.3 Å². The summed E-state index contributed by atoms with van der Waals surface area (Å²) in [6, 6.07) is 25.9. The Morgan fingerprint density at radius 3 is 2.00 bits per heavy atom. The van der Waals surface area contributed by atoms with E-state index in [1.54, 1.807) is 0 Å². The molecule has 0 radical (unpaired) electrons. The van der Waals surface area contributed by atoms with Crippen molar-refractivity contribution in [3.8, 4) is 0 Å². The highest BCUT2D eigenvalue weighted by atomic mass is 16.2. The van der Waals surface area contributed by atoms with Crippen molar-refractivity contribution in [2.75, 3.05) is 29.6 Å². The number of carbonyl (C=O) groups is 2. The molecule has 2 fully saturated rings. The molecule has 33 heavy (non-hydrogen) atoms. The van der Waals surface area contributed by atoms with Gasteiger partial charge in [0.1, 0.15) is 5.54 Å². The maximum atomic E-state index is 13.9. The summed E-state index contributed by atoms with van der Waals surface area (Å²) in [5.41, 5.74) is 4.33. The van der Waals surface area contributed by atoms with E-state index in [0.29, 0.717) is 32.6 Å². The smallest absolute Gasteiger partial charge is 0.254 e. The highest BCUT2D eigenvalue weighted by Crippen LogP contribution is 2.41. The van der Waals surface area contributed by atoms with Crippen LogP contribution in [0.4, 0.5) is 11.4 Å². The van der Waals surface area contributed by atoms with Gasteiger partial charge in [-0.05, 0) is 74.2 Å². The summed E-state index contributed by atoms with van der Waals surface area (Å²) in [6.07, 6.45) is 1.22. The monoisotopic (exact) mass is 439 g/mol. The van der Waals surface area contributed by atoms with Crippen molar-refractivity contribution in [1.29, 1.82) is 0 Å². The summed E-state index contributed by atoms with van der Waals surface area (Å²) < 4.78 is 0. The summed E-state index contributed by atoms with van der Waals surface area (Å²) in [6.45, 7) is 5.71. The van der Waals surface area contributed by atoms with Crippen LogP contribution < -0.4 is 9.80 Å². The third-order valence-corrected chi connectivity index (χ3v) is 7.21. The Hall–Kier alpha value is -3.60. The van der Waals surface area contributed by atoms with Crippen LogP contribution in [0.5, 0.6) is 0 Å². The number of amides is 2. The van der Waals surface area contributed by atoms with E-state index in [4.69, 9.17) is 0 Å². The van der Waals surface area contributed by atoms with Crippen LogP contribution in [0.3, 0.4) is 0 Å². The number of piperidine rings is 1. The fourth-order valence-corrected chi connectivity index (χ4v) is 5.07. The van der Waals surface area contributed by atoms with E-state index < -0.39 is 5.54 Å². The number of nitrogens with zero attached hydrogens (tertiary/aromatic N) is 3. The Labute approximate surface area is 195 Å². The van der Waals surface area contributed by atoms with Gasteiger partial charge < -0.3 is 9.80 Å². The molecule has 0 aromatic heterocycles. The van der Waals surface area contributed by atoms with Crippen LogP contribution in [0.2, 0.25) is 0 Å². The largest absolute Gasteiger partial charge is 0.338 e. The van der Waals surface area contributed by atoms with Crippen LogP contribution in [0, 0.1) is 13.8 Å². The predicted octanol–water partition coefficient (Wildman–Crippen LogP) is 4.79. The van der Waals surface area contributed by atoms with Gasteiger partial charge in [0, 0.05) is 30.0 Å². The van der Waals surface area contributed by atoms with Crippen molar-refractivity contribution < 1.29 is 9.59 Å². The lowest BCUT2D eigenvalue weighted by Crippen LogP contribution is -2.57. The molecule has 3 aromatic carbocycles. The Morgan fingerprint density at radius 1 is 0.788 bits per heavy atom. The number of aryl methyl sites for hydroxylation is 2. The van der Waals surface area contributed by atoms with E-state index in [1.807, 2.05) is 83.5 Å². The number of hydrogen-bond donors (Lipinski definition) is 0. The first-order valence-corrected chi connectivity index (χ1v) is 11.6. The van der Waals surface area contributed by atoms with Gasteiger partial charge in [-0.3, -0.25) is 14.5 Å². The third-order valence-electron chi connectivity index (χ3n) is 7.21. The summed E-state index contributed by atoms with van der Waals surface area (Å²) in [7, 11) is 0. The Morgan fingerprint density at radius 2 is 1.39 bits per heavy atom. The summed E-state index contributed by atoms with van der Waals surface area (Å²) >= 11 is 0. The minimum atomic E-state index is -0.642. The van der Waals surface area contributed by atoms with Crippen LogP contribution >= 0.6 is 0 Å². The lowest BCUT2D eigenvalue weighted by atomic mass is 9.85. The number of para-hydroxylation sites is 2. The predicted molar refractivity (Wildman–Crippen MR) is 132 cm³/mol. The average molecular weight is 440 g/mol. The van der Waals surface area contributed by atoms with Crippen molar-refractivity contribution >= 4 is 23.2 Å². The molecule has 2 aliphatic rings. The van der Waals surface area contributed by atoms with Gasteiger partial charge in [-0.2, -0.15) is 0 Å². The quantitative estimate of drug-likeness (QED) is 0.589. The molecule has 168 valence electrons. The molecule has 0 unspecified atom stereocenters. The van der Waals surface area contributed by atoms with E-state index in [9.17, 15) is 9.59 Å². The van der Waals surface area contributed by atoms with Gasteiger partial charge in [0.05, 0.1) is 6.67 Å². The zero-order valence-electron chi connectivity index (χ0n) is 19.2. The standard InChI is InChI=1S/C28H29N3O2/c1-21-13-14-23(19-22(21)2)26(32)29-17-15-28(16-18-29)27(33)30(24-9-5-3-6-10-24)20-31(28)25-11-7-4-8-12-25/h3-14,19H,15-18,20H2,1-2H3. The fourth-order valence-electron chi connectivity index (χ4n) is 5.07. The molecule has 0 N–H and O–H groups in total. The van der Waals surface area contributed by atoms with E-state index in [2.05, 4.69) is 24.0 Å². The topological polar surface area (TPSA) is 43.9 Å². The third kappa shape index (κ3) is 3.67. The fraction of sp³-hybridized carbons (Fsp3) is 0.286. The second-order valence-electron chi connectivity index (χ2n) is 9.10. The molecule has 0 saturated carbocycles. The zero-order valence-corrected chi connectivity index (χ0v) is 19.2. The number of rotatable bonds is 3. The van der Waals surface area contributed by atoms with Gasteiger partial charge in [0.25, 0.3) is 11.8 Å². The number of benzene rings is 3. The molecule has 2 amide bonds. The lowest BCUT2D eigenvalue weighted by Gasteiger charge is -2.43. The normalized spacial score (nSPS) is 17.6. The van der Waals surface area contributed by atoms with Crippen molar-refractivity contribution in [1.82, 2.24) is 4.90 Å². The molecule has 5 nitrogen and oxygen atoms in total. The maximum absolute atomic E-state index is 13.9. The van der Waals surface area contributed by atoms with Crippen LogP contribution in [-0.4, -0.2) is 42.0 Å². The Bertz CT molecular complexity index is 1170. The Kier molecular flexibility index (Phi) is 5.41. The van der Waals surface area contributed by atoms with Gasteiger partial charge in [-0.25, -0.2) is 0 Å². The van der Waals surface area contributed by atoms with Crippen LogP contribution in [0.15, 0.2) is 78.9 Å². The Balaban J connectivity index is 1.42. The van der Waals surface area contributed by atoms with E-state index in [1.165, 1.54) is 5.56 Å². The number of likely N-dealkylation sites (tertiary alicyclic amines) is 1. The molecule has 0 aliphatic carbocycles. The summed E-state index contributed by atoms with van der Waals surface area (Å²) in [5.74, 6) is 0.167. The molecule has 5 rings (SSSR count). The van der Waals surface area contributed by atoms with E-state index in [-0.39, 0.29) is 11.8 Å². The van der Waals surface area contributed by atoms with E-state index in [0.717, 1.165) is 22.5 Å². The van der Waals surface area contributed by atoms with Crippen molar-refractivity contribution in [2.24, 2.45) is 0 Å². The average Bonchev–Trinajstić information content (AvgIpc) is 3.13. The first-order valence-electron chi connectivity index (χ1n) is 11.6. The second-order valence-corrected chi connectivity index (χ2v) is 9.10. The molecule has 0 bridgehead atoms. The van der Waals surface area contributed by atoms with Crippen LogP contribution in [0.25, 0.3) is 0 Å². The van der Waals surface area contributed by atoms with E-state index >= 15 is 0 Å². The summed E-state index contributed by atoms with van der Waals surface area (Å²) in [5, 5.41) is 0. The van der Waals surface area contributed by atoms with Crippen molar-refractivity contribution in [3.05, 3.63) is 95.6 Å². The molecule has 0 atom stereocenters. The van der Waals surface area contributed by atoms with Crippen molar-refractivity contribution in [3.63, 3.8) is 0 Å². The van der Waals surface area contributed by atoms with Gasteiger partial charge in [-0.15, -0.1) is 0 Å².